The zero-order valence-electron chi connectivity index (χ0n) is 20.1. The Morgan fingerprint density at radius 3 is 2.42 bits per heavy atom. The standard InChI is InChI=1S/C25H19Cl2N7O4/c1-34-24(29-32-33-34)22(15-7-4-3-5-8-15)31-36-14-21-28-30-25(38-21)16-11-19(26)23(20(27)12-16)37-18-10-6-9-17(13-18)35-2/h3-13H,14H2,1-2H3/b31-22-. The van der Waals surface area contributed by atoms with E-state index in [1.165, 1.54) is 4.68 Å². The molecular weight excluding hydrogens is 533 g/mol. The van der Waals surface area contributed by atoms with E-state index in [1.807, 2.05) is 30.3 Å². The Morgan fingerprint density at radius 2 is 1.71 bits per heavy atom. The number of halogens is 2. The van der Waals surface area contributed by atoms with Crippen LogP contribution in [-0.4, -0.2) is 43.2 Å². The first-order valence-electron chi connectivity index (χ1n) is 11.1. The van der Waals surface area contributed by atoms with E-state index in [0.29, 0.717) is 28.6 Å². The Hall–Kier alpha value is -4.48. The van der Waals surface area contributed by atoms with Gasteiger partial charge in [-0.25, -0.2) is 4.68 Å². The number of benzene rings is 3. The molecule has 2 heterocycles. The Labute approximate surface area is 226 Å². The van der Waals surface area contributed by atoms with Gasteiger partial charge >= 0.3 is 0 Å². The van der Waals surface area contributed by atoms with Gasteiger partial charge in [-0.3, -0.25) is 0 Å². The summed E-state index contributed by atoms with van der Waals surface area (Å²) >= 11 is 12.9. The van der Waals surface area contributed by atoms with Crippen molar-refractivity contribution < 1.29 is 18.7 Å². The third-order valence-corrected chi connectivity index (χ3v) is 5.76. The number of ether oxygens (including phenoxy) is 2. The lowest BCUT2D eigenvalue weighted by Crippen LogP contribution is -2.12. The summed E-state index contributed by atoms with van der Waals surface area (Å²) in [5.41, 5.74) is 1.73. The highest BCUT2D eigenvalue weighted by Crippen LogP contribution is 2.40. The fourth-order valence-electron chi connectivity index (χ4n) is 3.39. The summed E-state index contributed by atoms with van der Waals surface area (Å²) in [6.45, 7) is -0.0902. The molecule has 0 unspecified atom stereocenters. The van der Waals surface area contributed by atoms with Gasteiger partial charge in [0, 0.05) is 24.2 Å². The fourth-order valence-corrected chi connectivity index (χ4v) is 3.96. The first-order chi connectivity index (χ1) is 18.5. The van der Waals surface area contributed by atoms with Crippen LogP contribution in [0.15, 0.2) is 76.3 Å². The number of nitrogens with zero attached hydrogens (tertiary/aromatic N) is 7. The van der Waals surface area contributed by atoms with Gasteiger partial charge in [0.05, 0.1) is 17.2 Å². The van der Waals surface area contributed by atoms with E-state index in [0.717, 1.165) is 5.56 Å². The van der Waals surface area contributed by atoms with Crippen molar-refractivity contribution in [1.29, 1.82) is 0 Å². The topological polar surface area (TPSA) is 123 Å². The zero-order valence-corrected chi connectivity index (χ0v) is 21.6. The second kappa shape index (κ2) is 11.3. The molecule has 0 saturated heterocycles. The van der Waals surface area contributed by atoms with Gasteiger partial charge in [0.1, 0.15) is 11.5 Å². The Bertz CT molecular complexity index is 1560. The number of hydrogen-bond acceptors (Lipinski definition) is 10. The average molecular weight is 552 g/mol. The van der Waals surface area contributed by atoms with Gasteiger partial charge in [0.15, 0.2) is 18.1 Å². The number of rotatable bonds is 9. The number of aryl methyl sites for hydroxylation is 1. The molecule has 0 radical (unpaired) electrons. The van der Waals surface area contributed by atoms with Crippen molar-refractivity contribution >= 4 is 28.9 Å². The van der Waals surface area contributed by atoms with Crippen molar-refractivity contribution in [1.82, 2.24) is 30.4 Å². The summed E-state index contributed by atoms with van der Waals surface area (Å²) in [4.78, 5) is 5.52. The lowest BCUT2D eigenvalue weighted by atomic mass is 10.1. The van der Waals surface area contributed by atoms with Crippen LogP contribution in [0.4, 0.5) is 0 Å². The van der Waals surface area contributed by atoms with E-state index in [2.05, 4.69) is 30.9 Å². The molecule has 0 atom stereocenters. The maximum Gasteiger partial charge on any atom is 0.257 e. The van der Waals surface area contributed by atoms with Crippen LogP contribution in [0.3, 0.4) is 0 Å². The van der Waals surface area contributed by atoms with Crippen molar-refractivity contribution in [3.05, 3.63) is 94.1 Å². The van der Waals surface area contributed by atoms with Crippen LogP contribution in [0.2, 0.25) is 10.0 Å². The van der Waals surface area contributed by atoms with Crippen molar-refractivity contribution in [2.75, 3.05) is 7.11 Å². The fraction of sp³-hybridized carbons (Fsp3) is 0.120. The monoisotopic (exact) mass is 551 g/mol. The Balaban J connectivity index is 1.32. The molecule has 0 saturated carbocycles. The second-order valence-electron chi connectivity index (χ2n) is 7.76. The maximum absolute atomic E-state index is 6.46. The molecule has 0 fully saturated rings. The minimum absolute atomic E-state index is 0.0902. The average Bonchev–Trinajstić information content (AvgIpc) is 3.58. The van der Waals surface area contributed by atoms with Gasteiger partial charge in [0.2, 0.25) is 11.7 Å². The first kappa shape index (κ1) is 25.2. The van der Waals surface area contributed by atoms with Crippen LogP contribution >= 0.6 is 23.2 Å². The van der Waals surface area contributed by atoms with Gasteiger partial charge in [-0.1, -0.05) is 64.8 Å². The minimum atomic E-state index is -0.0902. The molecule has 11 nitrogen and oxygen atoms in total. The van der Waals surface area contributed by atoms with Gasteiger partial charge in [-0.2, -0.15) is 0 Å². The van der Waals surface area contributed by atoms with Crippen LogP contribution in [0.1, 0.15) is 17.3 Å². The van der Waals surface area contributed by atoms with E-state index >= 15 is 0 Å². The van der Waals surface area contributed by atoms with Crippen molar-refractivity contribution in [2.45, 2.75) is 6.61 Å². The van der Waals surface area contributed by atoms with Crippen molar-refractivity contribution in [3.8, 4) is 28.7 Å². The Morgan fingerprint density at radius 1 is 0.947 bits per heavy atom. The molecule has 5 rings (SSSR count). The molecule has 0 aliphatic rings. The molecule has 0 bridgehead atoms. The van der Waals surface area contributed by atoms with E-state index in [-0.39, 0.29) is 34.2 Å². The minimum Gasteiger partial charge on any atom is -0.497 e. The zero-order chi connectivity index (χ0) is 26.5. The van der Waals surface area contributed by atoms with Gasteiger partial charge < -0.3 is 18.7 Å². The quantitative estimate of drug-likeness (QED) is 0.176. The summed E-state index contributed by atoms with van der Waals surface area (Å²) in [6, 6.07) is 19.7. The summed E-state index contributed by atoms with van der Waals surface area (Å²) < 4.78 is 18.3. The number of methoxy groups -OCH3 is 1. The maximum atomic E-state index is 6.46. The summed E-state index contributed by atoms with van der Waals surface area (Å²) in [6.07, 6.45) is 0. The van der Waals surface area contributed by atoms with E-state index in [9.17, 15) is 0 Å². The molecule has 38 heavy (non-hydrogen) atoms. The summed E-state index contributed by atoms with van der Waals surface area (Å²) in [5.74, 6) is 2.27. The Kier molecular flexibility index (Phi) is 7.47. The van der Waals surface area contributed by atoms with Crippen molar-refractivity contribution in [2.24, 2.45) is 12.2 Å². The molecule has 5 aromatic rings. The van der Waals surface area contributed by atoms with E-state index in [1.54, 1.807) is 50.6 Å². The number of hydrogen-bond donors (Lipinski definition) is 0. The van der Waals surface area contributed by atoms with Crippen LogP contribution in [0.25, 0.3) is 11.5 Å². The van der Waals surface area contributed by atoms with Crippen LogP contribution in [0, 0.1) is 0 Å². The van der Waals surface area contributed by atoms with Crippen molar-refractivity contribution in [3.63, 3.8) is 0 Å². The van der Waals surface area contributed by atoms with Gasteiger partial charge in [-0.15, -0.1) is 15.3 Å². The third kappa shape index (κ3) is 5.58. The lowest BCUT2D eigenvalue weighted by Gasteiger charge is -2.11. The number of oxime groups is 1. The molecule has 2 aromatic heterocycles. The first-order valence-corrected chi connectivity index (χ1v) is 11.9. The van der Waals surface area contributed by atoms with Crippen LogP contribution < -0.4 is 9.47 Å². The number of aromatic nitrogens is 6. The molecule has 0 aliphatic carbocycles. The van der Waals surface area contributed by atoms with E-state index < -0.39 is 0 Å². The predicted octanol–water partition coefficient (Wildman–Crippen LogP) is 5.34. The highest BCUT2D eigenvalue weighted by atomic mass is 35.5. The molecule has 0 aliphatic heterocycles. The molecule has 3 aromatic carbocycles. The molecular formula is C25H19Cl2N7O4. The van der Waals surface area contributed by atoms with Gasteiger partial charge in [-0.05, 0) is 34.7 Å². The van der Waals surface area contributed by atoms with Gasteiger partial charge in [0.25, 0.3) is 5.89 Å². The SMILES string of the molecule is COc1cccc(Oc2c(Cl)cc(-c3nnc(CO/N=C(/c4ccccc4)c4nnnn4C)o3)cc2Cl)c1. The second-order valence-corrected chi connectivity index (χ2v) is 8.57. The third-order valence-electron chi connectivity index (χ3n) is 5.20. The van der Waals surface area contributed by atoms with Crippen LogP contribution in [-0.2, 0) is 18.5 Å². The molecule has 0 spiro atoms. The normalized spacial score (nSPS) is 11.4. The molecule has 192 valence electrons. The highest BCUT2D eigenvalue weighted by molar-refractivity contribution is 6.37. The summed E-state index contributed by atoms with van der Waals surface area (Å²) in [7, 11) is 3.28. The number of tetrazole rings is 1. The van der Waals surface area contributed by atoms with E-state index in [4.69, 9.17) is 41.9 Å². The molecule has 0 amide bonds. The lowest BCUT2D eigenvalue weighted by molar-refractivity contribution is 0.111. The highest BCUT2D eigenvalue weighted by Gasteiger charge is 2.18. The smallest absolute Gasteiger partial charge is 0.257 e. The molecule has 0 N–H and O–H groups in total. The summed E-state index contributed by atoms with van der Waals surface area (Å²) in [5, 5.41) is 24.4. The van der Waals surface area contributed by atoms with Crippen LogP contribution in [0.5, 0.6) is 17.2 Å². The molecule has 13 heteroatoms. The predicted molar refractivity (Wildman–Crippen MR) is 138 cm³/mol. The largest absolute Gasteiger partial charge is 0.497 e.